The molecule has 0 unspecified atom stereocenters. The Bertz CT molecular complexity index is 111. The number of carboxylic acid groups (broad SMARTS) is 2. The number of carboxylic acids is 2. The summed E-state index contributed by atoms with van der Waals surface area (Å²) in [5, 5.41) is 18.5. The second-order valence-electron chi connectivity index (χ2n) is 1.45. The first-order valence-corrected chi connectivity index (χ1v) is 3.69. The van der Waals surface area contributed by atoms with E-state index < -0.39 is 11.9 Å². The SMILES string of the molecule is CCC(=O)[O-].CCC(=O)[O-].[O]=[V+2]. The van der Waals surface area contributed by atoms with Crippen LogP contribution in [0.1, 0.15) is 26.7 Å². The van der Waals surface area contributed by atoms with E-state index in [1.165, 1.54) is 13.8 Å². The molecule has 0 aliphatic carbocycles. The van der Waals surface area contributed by atoms with Crippen molar-refractivity contribution in [1.29, 1.82) is 0 Å². The van der Waals surface area contributed by atoms with Gasteiger partial charge < -0.3 is 19.8 Å². The van der Waals surface area contributed by atoms with E-state index in [1.54, 1.807) is 0 Å². The molecule has 0 rings (SSSR count). The number of rotatable bonds is 2. The van der Waals surface area contributed by atoms with Gasteiger partial charge in [0, 0.05) is 11.9 Å². The fraction of sp³-hybridized carbons (Fsp3) is 0.667. The summed E-state index contributed by atoms with van der Waals surface area (Å²) in [6.45, 7) is 3.07. The van der Waals surface area contributed by atoms with Gasteiger partial charge in [0.1, 0.15) is 0 Å². The van der Waals surface area contributed by atoms with Gasteiger partial charge in [-0.25, -0.2) is 0 Å². The quantitative estimate of drug-likeness (QED) is 0.537. The van der Waals surface area contributed by atoms with Crippen LogP contribution >= 0.6 is 0 Å². The van der Waals surface area contributed by atoms with Gasteiger partial charge in [-0.2, -0.15) is 0 Å². The van der Waals surface area contributed by atoms with Gasteiger partial charge in [-0.05, 0) is 12.8 Å². The molecule has 6 heteroatoms. The van der Waals surface area contributed by atoms with Crippen LogP contribution in [0.2, 0.25) is 0 Å². The Morgan fingerprint density at radius 2 is 1.08 bits per heavy atom. The van der Waals surface area contributed by atoms with Gasteiger partial charge in [-0.1, -0.05) is 13.8 Å². The van der Waals surface area contributed by atoms with E-state index in [1.807, 2.05) is 0 Å². The zero-order valence-electron chi connectivity index (χ0n) is 6.90. The number of aliphatic carboxylic acids is 2. The summed E-state index contributed by atoms with van der Waals surface area (Å²) in [7, 11) is 0. The first-order chi connectivity index (χ1) is 5.54. The van der Waals surface area contributed by atoms with Crippen molar-refractivity contribution in [2.45, 2.75) is 26.7 Å². The summed E-state index contributed by atoms with van der Waals surface area (Å²) in [5.41, 5.74) is 0. The first-order valence-electron chi connectivity index (χ1n) is 3.12. The summed E-state index contributed by atoms with van der Waals surface area (Å²) < 4.78 is 8.19. The Balaban J connectivity index is -0.000000112. The summed E-state index contributed by atoms with van der Waals surface area (Å²) in [4.78, 5) is 18.5. The topological polar surface area (TPSA) is 97.3 Å². The molecule has 0 fully saturated rings. The Labute approximate surface area is 80.0 Å². The number of hydrogen-bond acceptors (Lipinski definition) is 5. The van der Waals surface area contributed by atoms with Crippen molar-refractivity contribution in [2.24, 2.45) is 0 Å². The van der Waals surface area contributed by atoms with E-state index in [0.717, 1.165) is 17.4 Å². The van der Waals surface area contributed by atoms with E-state index in [2.05, 4.69) is 0 Å². The molecule has 0 bridgehead atoms. The van der Waals surface area contributed by atoms with E-state index in [4.69, 9.17) is 3.67 Å². The molecule has 0 N–H and O–H groups in total. The maximum absolute atomic E-state index is 9.26. The van der Waals surface area contributed by atoms with E-state index >= 15 is 0 Å². The molecule has 0 aliphatic rings. The molecule has 0 spiro atoms. The van der Waals surface area contributed by atoms with Crippen molar-refractivity contribution in [3.8, 4) is 0 Å². The molecule has 0 aromatic rings. The third kappa shape index (κ3) is 58.5. The van der Waals surface area contributed by atoms with Gasteiger partial charge in [-0.3, -0.25) is 0 Å². The molecule has 12 heavy (non-hydrogen) atoms. The molecule has 0 radical (unpaired) electrons. The van der Waals surface area contributed by atoms with Gasteiger partial charge in [0.25, 0.3) is 0 Å². The van der Waals surface area contributed by atoms with Crippen molar-refractivity contribution in [3.05, 3.63) is 0 Å². The Kier molecular flexibility index (Phi) is 24.3. The standard InChI is InChI=1S/2C3H6O2.O.V/c2*1-2-3(4)5;;/h2*2H2,1H3,(H,4,5);;/q;;;+2/p-2. The summed E-state index contributed by atoms with van der Waals surface area (Å²) in [5.74, 6) is -1.99. The normalized spacial score (nSPS) is 6.67. The van der Waals surface area contributed by atoms with Crippen molar-refractivity contribution >= 4 is 11.9 Å². The molecule has 0 aromatic heterocycles. The molecule has 0 heterocycles. The fourth-order valence-electron chi connectivity index (χ4n) is 0. The Hall–Kier alpha value is -0.676. The van der Waals surface area contributed by atoms with E-state index in [9.17, 15) is 19.8 Å². The Morgan fingerprint density at radius 3 is 1.08 bits per heavy atom. The van der Waals surface area contributed by atoms with Gasteiger partial charge >= 0.3 is 21.0 Å². The minimum atomic E-state index is -0.995. The number of carbonyl (C=O) groups is 2. The summed E-state index contributed by atoms with van der Waals surface area (Å²) in [6.07, 6.45) is 0.222. The third-order valence-corrected chi connectivity index (χ3v) is 0.577. The van der Waals surface area contributed by atoms with Crippen molar-refractivity contribution < 1.29 is 40.8 Å². The number of carbonyl (C=O) groups excluding carboxylic acids is 2. The second-order valence-corrected chi connectivity index (χ2v) is 1.45. The van der Waals surface area contributed by atoms with Crippen LogP contribution in [0.5, 0.6) is 0 Å². The monoisotopic (exact) mass is 213 g/mol. The van der Waals surface area contributed by atoms with Crippen molar-refractivity contribution in [3.63, 3.8) is 0 Å². The molecule has 0 saturated heterocycles. The van der Waals surface area contributed by atoms with Gasteiger partial charge in [0.05, 0.1) is 0 Å². The Morgan fingerprint density at radius 1 is 1.00 bits per heavy atom. The fourth-order valence-corrected chi connectivity index (χ4v) is 0. The van der Waals surface area contributed by atoms with Crippen molar-refractivity contribution in [1.82, 2.24) is 0 Å². The predicted molar refractivity (Wildman–Crippen MR) is 31.3 cm³/mol. The van der Waals surface area contributed by atoms with Gasteiger partial charge in [-0.15, -0.1) is 0 Å². The van der Waals surface area contributed by atoms with Crippen LogP contribution in [0.3, 0.4) is 0 Å². The molecule has 0 amide bonds. The van der Waals surface area contributed by atoms with Crippen LogP contribution in [0.4, 0.5) is 0 Å². The van der Waals surface area contributed by atoms with Crippen LogP contribution in [0.15, 0.2) is 0 Å². The first kappa shape index (κ1) is 17.4. The summed E-state index contributed by atoms with van der Waals surface area (Å²) >= 11 is 1.06. The maximum atomic E-state index is 9.26. The summed E-state index contributed by atoms with van der Waals surface area (Å²) in [6, 6.07) is 0. The van der Waals surface area contributed by atoms with Gasteiger partial charge in [0.15, 0.2) is 0 Å². The van der Waals surface area contributed by atoms with E-state index in [-0.39, 0.29) is 12.8 Å². The molecule has 0 atom stereocenters. The van der Waals surface area contributed by atoms with Crippen LogP contribution in [0.25, 0.3) is 0 Å². The zero-order chi connectivity index (χ0) is 10.6. The third-order valence-electron chi connectivity index (χ3n) is 0.577. The van der Waals surface area contributed by atoms with Crippen LogP contribution in [-0.4, -0.2) is 11.9 Å². The van der Waals surface area contributed by atoms with Crippen molar-refractivity contribution in [2.75, 3.05) is 0 Å². The van der Waals surface area contributed by atoms with Crippen LogP contribution in [-0.2, 0) is 30.6 Å². The van der Waals surface area contributed by atoms with E-state index in [0.29, 0.717) is 0 Å². The molecule has 5 nitrogen and oxygen atoms in total. The predicted octanol–water partition coefficient (Wildman–Crippen LogP) is -1.83. The zero-order valence-corrected chi connectivity index (χ0v) is 8.30. The molecule has 0 aromatic carbocycles. The minimum absolute atomic E-state index is 0.111. The molecule has 0 saturated carbocycles. The second kappa shape index (κ2) is 16.7. The molecule has 0 aliphatic heterocycles. The average molecular weight is 213 g/mol. The molecular weight excluding hydrogens is 203 g/mol. The van der Waals surface area contributed by atoms with Gasteiger partial charge in [0.2, 0.25) is 0 Å². The van der Waals surface area contributed by atoms with Crippen LogP contribution in [0, 0.1) is 0 Å². The molecule has 69 valence electrons. The molecular formula is C6H10O5V. The number of hydrogen-bond donors (Lipinski definition) is 0. The van der Waals surface area contributed by atoms with Crippen LogP contribution < -0.4 is 10.2 Å². The average Bonchev–Trinajstić information content (AvgIpc) is 2.09.